The van der Waals surface area contributed by atoms with Gasteiger partial charge in [-0.2, -0.15) is 23.5 Å². The number of nitrogens with zero attached hydrogens (tertiary/aromatic N) is 7. The molecule has 0 aromatic carbocycles. The highest BCUT2D eigenvalue weighted by Crippen LogP contribution is 2.50. The van der Waals surface area contributed by atoms with E-state index >= 15 is 0 Å². The standard InChI is InChI=1S/C34H45F3N8O/c1-5-15-44(31(46)29-10-14-40-32(43(29)4)34(35,36)37)16-7-8-23(3)25-18-33(19-25,11-12-38)45-22-26(21-42-45)28-17-24(6-2)20-41-30-27(28)9-13-39-30/h9,13-14,20-23,25,29,32H,5-8,10-11,15-19H2,1-4H3,(H,39,41). The van der Waals surface area contributed by atoms with Crippen LogP contribution in [-0.2, 0) is 10.3 Å². The normalized spacial score (nSPS) is 25.5. The zero-order chi connectivity index (χ0) is 33.1. The molecule has 3 aliphatic rings. The summed E-state index contributed by atoms with van der Waals surface area (Å²) in [5, 5.41) is 15.6. The van der Waals surface area contributed by atoms with Gasteiger partial charge in [-0.1, -0.05) is 20.8 Å². The van der Waals surface area contributed by atoms with E-state index in [0.29, 0.717) is 31.3 Å². The van der Waals surface area contributed by atoms with Crippen molar-refractivity contribution in [1.82, 2.24) is 24.6 Å². The van der Waals surface area contributed by atoms with Crippen LogP contribution < -0.4 is 10.7 Å². The Morgan fingerprint density at radius 3 is 2.76 bits per heavy atom. The number of hydrogen-bond donors (Lipinski definition) is 1. The average molecular weight is 639 g/mol. The number of carbonyl (C=O) groups excluding carboxylic acids is 1. The van der Waals surface area contributed by atoms with Gasteiger partial charge in [0.15, 0.2) is 6.17 Å². The third-order valence-electron chi connectivity index (χ3n) is 10.1. The lowest BCUT2D eigenvalue weighted by Gasteiger charge is -2.49. The molecule has 2 aromatic heterocycles. The molecule has 1 N–H and O–H groups in total. The lowest BCUT2D eigenvalue weighted by atomic mass is 9.62. The predicted octanol–water partition coefficient (Wildman–Crippen LogP) is 5.06. The number of aromatic nitrogens is 3. The predicted molar refractivity (Wildman–Crippen MR) is 170 cm³/mol. The third-order valence-corrected chi connectivity index (χ3v) is 10.1. The van der Waals surface area contributed by atoms with E-state index in [9.17, 15) is 23.2 Å². The number of rotatable bonds is 12. The van der Waals surface area contributed by atoms with Crippen LogP contribution in [0.4, 0.5) is 13.2 Å². The van der Waals surface area contributed by atoms with Gasteiger partial charge in [-0.05, 0) is 81.0 Å². The van der Waals surface area contributed by atoms with Crippen molar-refractivity contribution in [2.24, 2.45) is 21.8 Å². The molecule has 2 aliphatic heterocycles. The molecule has 9 nitrogen and oxygen atoms in total. The van der Waals surface area contributed by atoms with Crippen LogP contribution in [0, 0.1) is 23.2 Å². The van der Waals surface area contributed by atoms with E-state index in [1.807, 2.05) is 30.2 Å². The highest BCUT2D eigenvalue weighted by Gasteiger charge is 2.49. The van der Waals surface area contributed by atoms with Crippen molar-refractivity contribution in [2.45, 2.75) is 102 Å². The van der Waals surface area contributed by atoms with E-state index < -0.39 is 18.4 Å². The number of carbonyl (C=O) groups is 1. The molecule has 1 saturated carbocycles. The van der Waals surface area contributed by atoms with Crippen LogP contribution in [0.25, 0.3) is 5.57 Å². The Bertz CT molecular complexity index is 1610. The first kappa shape index (κ1) is 33.6. The maximum atomic E-state index is 13.5. The fourth-order valence-electron chi connectivity index (χ4n) is 7.27. The summed E-state index contributed by atoms with van der Waals surface area (Å²) in [6.07, 6.45) is 8.94. The largest absolute Gasteiger partial charge is 0.424 e. The highest BCUT2D eigenvalue weighted by molar-refractivity contribution is 5.85. The topological polar surface area (TPSA) is 106 Å². The molecule has 0 spiro atoms. The van der Waals surface area contributed by atoms with Gasteiger partial charge in [0.25, 0.3) is 0 Å². The van der Waals surface area contributed by atoms with E-state index in [4.69, 9.17) is 5.10 Å². The Morgan fingerprint density at radius 2 is 2.07 bits per heavy atom. The summed E-state index contributed by atoms with van der Waals surface area (Å²) in [6, 6.07) is 3.59. The number of aliphatic imine (C=N–C) groups is 1. The zero-order valence-electron chi connectivity index (χ0n) is 27.2. The number of H-pyrrole nitrogens is 1. The molecule has 3 unspecified atom stereocenters. The Morgan fingerprint density at radius 1 is 1.28 bits per heavy atom. The van der Waals surface area contributed by atoms with Gasteiger partial charge in [0.1, 0.15) is 5.49 Å². The Balaban J connectivity index is 1.21. The van der Waals surface area contributed by atoms with Gasteiger partial charge < -0.3 is 9.88 Å². The molecule has 3 atom stereocenters. The number of fused-ring (bicyclic) bond motifs is 1. The molecule has 0 bridgehead atoms. The summed E-state index contributed by atoms with van der Waals surface area (Å²) in [5.74, 6) is 0.522. The SMILES string of the molecule is CCCN(CCCC(C)C1CC(CC#N)(n2cc(C3=c4cc[nH]c4=NC=C(CC)C3)cn2)C1)C(=O)C1CC=NC(C(F)(F)F)N1C. The number of likely N-dealkylation sites (N-methyl/N-ethyl adjacent to an activating group) is 1. The number of nitrogens with one attached hydrogen (secondary N) is 1. The molecule has 1 fully saturated rings. The molecule has 1 aliphatic carbocycles. The highest BCUT2D eigenvalue weighted by atomic mass is 19.4. The third kappa shape index (κ3) is 6.85. The second-order valence-corrected chi connectivity index (χ2v) is 13.2. The lowest BCUT2D eigenvalue weighted by Crippen LogP contribution is -2.56. The quantitative estimate of drug-likeness (QED) is 0.351. The number of allylic oxidation sites excluding steroid dienone is 1. The van der Waals surface area contributed by atoms with Crippen LogP contribution in [-0.4, -0.2) is 75.2 Å². The van der Waals surface area contributed by atoms with Gasteiger partial charge in [-0.25, -0.2) is 4.99 Å². The van der Waals surface area contributed by atoms with Crippen LogP contribution in [0.3, 0.4) is 0 Å². The summed E-state index contributed by atoms with van der Waals surface area (Å²) in [4.78, 5) is 27.6. The maximum Gasteiger partial charge on any atom is 0.424 e. The van der Waals surface area contributed by atoms with E-state index in [1.165, 1.54) is 24.4 Å². The van der Waals surface area contributed by atoms with Crippen molar-refractivity contribution < 1.29 is 18.0 Å². The number of nitriles is 1. The molecule has 248 valence electrons. The number of amides is 1. The first-order valence-corrected chi connectivity index (χ1v) is 16.4. The molecule has 4 heterocycles. The van der Waals surface area contributed by atoms with Gasteiger partial charge in [0.05, 0.1) is 30.3 Å². The number of halogens is 3. The summed E-state index contributed by atoms with van der Waals surface area (Å²) in [7, 11) is 1.33. The van der Waals surface area contributed by atoms with E-state index in [0.717, 1.165) is 66.1 Å². The minimum atomic E-state index is -4.53. The molecule has 0 radical (unpaired) electrons. The summed E-state index contributed by atoms with van der Waals surface area (Å²) in [6.45, 7) is 7.34. The Hall–Kier alpha value is -3.72. The van der Waals surface area contributed by atoms with Crippen molar-refractivity contribution in [1.29, 1.82) is 5.26 Å². The first-order chi connectivity index (χ1) is 22.0. The fraction of sp³-hybridized carbons (Fsp3) is 0.618. The van der Waals surface area contributed by atoms with E-state index in [-0.39, 0.29) is 17.9 Å². The van der Waals surface area contributed by atoms with Gasteiger partial charge >= 0.3 is 6.18 Å². The van der Waals surface area contributed by atoms with Crippen molar-refractivity contribution in [2.75, 3.05) is 20.1 Å². The van der Waals surface area contributed by atoms with Crippen LogP contribution in [0.2, 0.25) is 0 Å². The van der Waals surface area contributed by atoms with Crippen molar-refractivity contribution >= 4 is 17.7 Å². The van der Waals surface area contributed by atoms with Crippen LogP contribution in [0.5, 0.6) is 0 Å². The maximum absolute atomic E-state index is 13.5. The second kappa shape index (κ2) is 14.0. The molecule has 12 heteroatoms. The van der Waals surface area contributed by atoms with Gasteiger partial charge in [-0.15, -0.1) is 0 Å². The molecule has 46 heavy (non-hydrogen) atoms. The van der Waals surface area contributed by atoms with Crippen molar-refractivity contribution in [3.63, 3.8) is 0 Å². The van der Waals surface area contributed by atoms with E-state index in [1.54, 1.807) is 4.90 Å². The van der Waals surface area contributed by atoms with Crippen molar-refractivity contribution in [3.05, 3.63) is 52.7 Å². The summed E-state index contributed by atoms with van der Waals surface area (Å²) >= 11 is 0. The van der Waals surface area contributed by atoms with Gasteiger partial charge in [-0.3, -0.25) is 19.4 Å². The molecule has 0 saturated heterocycles. The Kier molecular flexibility index (Phi) is 10.2. The van der Waals surface area contributed by atoms with Gasteiger partial charge in [0, 0.05) is 55.1 Å². The van der Waals surface area contributed by atoms with Crippen LogP contribution in [0.15, 0.2) is 46.4 Å². The summed E-state index contributed by atoms with van der Waals surface area (Å²) in [5.41, 5.74) is 3.97. The van der Waals surface area contributed by atoms with Gasteiger partial charge in [0.2, 0.25) is 5.91 Å². The average Bonchev–Trinajstić information content (AvgIpc) is 3.65. The first-order valence-electron chi connectivity index (χ1n) is 16.4. The number of aromatic amines is 1. The molecular formula is C34H45F3N8O. The summed E-state index contributed by atoms with van der Waals surface area (Å²) < 4.78 is 42.4. The molecule has 1 amide bonds. The monoisotopic (exact) mass is 638 g/mol. The van der Waals surface area contributed by atoms with E-state index in [2.05, 4.69) is 47.1 Å². The Labute approximate surface area is 268 Å². The zero-order valence-corrected chi connectivity index (χ0v) is 27.2. The minimum Gasteiger partial charge on any atom is -0.346 e. The lowest BCUT2D eigenvalue weighted by molar-refractivity contribution is -0.187. The van der Waals surface area contributed by atoms with Crippen LogP contribution >= 0.6 is 0 Å². The fourth-order valence-corrected chi connectivity index (χ4v) is 7.27. The number of hydrogen-bond acceptors (Lipinski definition) is 6. The molecule has 2 aromatic rings. The second-order valence-electron chi connectivity index (χ2n) is 13.2. The minimum absolute atomic E-state index is 0.175. The van der Waals surface area contributed by atoms with Crippen molar-refractivity contribution in [3.8, 4) is 6.07 Å². The molecule has 5 rings (SSSR count). The number of alkyl halides is 3. The van der Waals surface area contributed by atoms with Crippen LogP contribution in [0.1, 0.15) is 84.1 Å². The smallest absolute Gasteiger partial charge is 0.346 e. The molecular weight excluding hydrogens is 593 g/mol.